The Kier molecular flexibility index (Phi) is 13.6. The number of nitrogens with zero attached hydrogens (tertiary/aromatic N) is 1. The van der Waals surface area contributed by atoms with Gasteiger partial charge in [-0.05, 0) is 20.8 Å². The smallest absolute Gasteiger partial charge is 0.106 e. The highest BCUT2D eigenvalue weighted by Crippen LogP contribution is 1.92. The molecule has 0 radical (unpaired) electrons. The van der Waals surface area contributed by atoms with Gasteiger partial charge in [0.15, 0.2) is 0 Å². The molecule has 0 bridgehead atoms. The molecule has 0 spiro atoms. The van der Waals surface area contributed by atoms with Crippen LogP contribution in [0.5, 0.6) is 0 Å². The zero-order valence-electron chi connectivity index (χ0n) is 10.7. The molecule has 0 heterocycles. The van der Waals surface area contributed by atoms with Gasteiger partial charge >= 0.3 is 0 Å². The lowest BCUT2D eigenvalue weighted by Crippen LogP contribution is -1.79. The molecule has 0 amide bonds. The van der Waals surface area contributed by atoms with Gasteiger partial charge in [-0.25, -0.2) is 0 Å². The van der Waals surface area contributed by atoms with Crippen LogP contribution in [0, 0.1) is 6.92 Å². The molecule has 1 aromatic carbocycles. The third-order valence-electron chi connectivity index (χ3n) is 1.21. The van der Waals surface area contributed by atoms with Crippen molar-refractivity contribution in [3.63, 3.8) is 0 Å². The van der Waals surface area contributed by atoms with E-state index in [4.69, 9.17) is 0 Å². The van der Waals surface area contributed by atoms with E-state index in [9.17, 15) is 0 Å². The lowest BCUT2D eigenvalue weighted by atomic mass is 10.2. The first kappa shape index (κ1) is 16.1. The standard InChI is InChI=1S/C7H8.C4H9NO.C2H6/c1-7-5-3-2-4-6-7;1-4(2)5-6-3;1-2/h2-6H,1H3;1-3H3;1-2H3. The van der Waals surface area contributed by atoms with Crippen LogP contribution in [0.3, 0.4) is 0 Å². The van der Waals surface area contributed by atoms with Gasteiger partial charge in [-0.15, -0.1) is 0 Å². The Balaban J connectivity index is 0. The Morgan fingerprint density at radius 1 is 1.07 bits per heavy atom. The van der Waals surface area contributed by atoms with Gasteiger partial charge in [0.1, 0.15) is 7.11 Å². The zero-order valence-corrected chi connectivity index (χ0v) is 10.7. The van der Waals surface area contributed by atoms with E-state index in [1.54, 1.807) is 0 Å². The SMILES string of the molecule is CC.CON=C(C)C.Cc1ccccc1. The van der Waals surface area contributed by atoms with Gasteiger partial charge in [-0.2, -0.15) is 0 Å². The van der Waals surface area contributed by atoms with Gasteiger partial charge < -0.3 is 4.84 Å². The Morgan fingerprint density at radius 2 is 1.53 bits per heavy atom. The first-order valence-electron chi connectivity index (χ1n) is 5.23. The number of aryl methyl sites for hydroxylation is 1. The van der Waals surface area contributed by atoms with Crippen molar-refractivity contribution in [2.24, 2.45) is 5.16 Å². The maximum atomic E-state index is 4.39. The minimum absolute atomic E-state index is 0.942. The Labute approximate surface area is 94.0 Å². The van der Waals surface area contributed by atoms with E-state index in [2.05, 4.69) is 29.0 Å². The van der Waals surface area contributed by atoms with Crippen LogP contribution in [-0.4, -0.2) is 12.8 Å². The quantitative estimate of drug-likeness (QED) is 0.505. The number of hydrogen-bond donors (Lipinski definition) is 0. The number of benzene rings is 1. The summed E-state index contributed by atoms with van der Waals surface area (Å²) in [4.78, 5) is 4.39. The molecule has 0 aliphatic heterocycles. The first-order valence-corrected chi connectivity index (χ1v) is 5.23. The molecular formula is C13H23NO. The molecule has 0 saturated heterocycles. The molecule has 15 heavy (non-hydrogen) atoms. The highest BCUT2D eigenvalue weighted by atomic mass is 16.6. The molecule has 0 fully saturated rings. The van der Waals surface area contributed by atoms with Gasteiger partial charge in [0, 0.05) is 0 Å². The van der Waals surface area contributed by atoms with Crippen molar-refractivity contribution < 1.29 is 4.84 Å². The molecule has 2 nitrogen and oxygen atoms in total. The number of hydrogen-bond acceptors (Lipinski definition) is 2. The number of oxime groups is 1. The Hall–Kier alpha value is -1.31. The van der Waals surface area contributed by atoms with Gasteiger partial charge in [-0.1, -0.05) is 54.9 Å². The van der Waals surface area contributed by atoms with E-state index in [1.165, 1.54) is 12.7 Å². The van der Waals surface area contributed by atoms with Crippen molar-refractivity contribution in [3.05, 3.63) is 35.9 Å². The monoisotopic (exact) mass is 209 g/mol. The predicted molar refractivity (Wildman–Crippen MR) is 68.3 cm³/mol. The molecule has 0 atom stereocenters. The molecule has 0 unspecified atom stereocenters. The van der Waals surface area contributed by atoms with Crippen LogP contribution in [0.2, 0.25) is 0 Å². The topological polar surface area (TPSA) is 21.6 Å². The van der Waals surface area contributed by atoms with Crippen LogP contribution >= 0.6 is 0 Å². The molecule has 0 aromatic heterocycles. The fourth-order valence-corrected chi connectivity index (χ4v) is 0.717. The molecule has 0 saturated carbocycles. The summed E-state index contributed by atoms with van der Waals surface area (Å²) in [6.45, 7) is 9.84. The lowest BCUT2D eigenvalue weighted by Gasteiger charge is -1.83. The summed E-state index contributed by atoms with van der Waals surface area (Å²) >= 11 is 0. The minimum Gasteiger partial charge on any atom is -0.399 e. The molecule has 0 aliphatic carbocycles. The maximum absolute atomic E-state index is 4.39. The van der Waals surface area contributed by atoms with Crippen LogP contribution in [0.25, 0.3) is 0 Å². The molecule has 1 aromatic rings. The second-order valence-electron chi connectivity index (χ2n) is 2.88. The largest absolute Gasteiger partial charge is 0.399 e. The van der Waals surface area contributed by atoms with Crippen molar-refractivity contribution in [3.8, 4) is 0 Å². The van der Waals surface area contributed by atoms with Gasteiger partial charge in [-0.3, -0.25) is 0 Å². The Bertz CT molecular complexity index is 238. The van der Waals surface area contributed by atoms with Crippen LogP contribution in [0.4, 0.5) is 0 Å². The summed E-state index contributed by atoms with van der Waals surface area (Å²) in [7, 11) is 1.53. The molecular weight excluding hydrogens is 186 g/mol. The highest BCUT2D eigenvalue weighted by Gasteiger charge is 1.72. The summed E-state index contributed by atoms with van der Waals surface area (Å²) in [5.74, 6) is 0. The number of rotatable bonds is 1. The summed E-state index contributed by atoms with van der Waals surface area (Å²) in [5.41, 5.74) is 2.26. The average Bonchev–Trinajstić information content (AvgIpc) is 2.22. The molecule has 86 valence electrons. The van der Waals surface area contributed by atoms with Crippen molar-refractivity contribution >= 4 is 5.71 Å². The third-order valence-corrected chi connectivity index (χ3v) is 1.21. The van der Waals surface area contributed by atoms with Crippen molar-refractivity contribution in [2.45, 2.75) is 34.6 Å². The van der Waals surface area contributed by atoms with E-state index in [0.29, 0.717) is 0 Å². The van der Waals surface area contributed by atoms with Gasteiger partial charge in [0.2, 0.25) is 0 Å². The summed E-state index contributed by atoms with van der Waals surface area (Å²) in [6, 6.07) is 10.3. The van der Waals surface area contributed by atoms with E-state index >= 15 is 0 Å². The normalized spacial score (nSPS) is 7.33. The minimum atomic E-state index is 0.942. The Morgan fingerprint density at radius 3 is 1.67 bits per heavy atom. The van der Waals surface area contributed by atoms with E-state index in [0.717, 1.165) is 5.71 Å². The average molecular weight is 209 g/mol. The second-order valence-corrected chi connectivity index (χ2v) is 2.88. The first-order chi connectivity index (χ1) is 7.16. The lowest BCUT2D eigenvalue weighted by molar-refractivity contribution is 0.213. The predicted octanol–water partition coefficient (Wildman–Crippen LogP) is 4.05. The van der Waals surface area contributed by atoms with Crippen molar-refractivity contribution in [1.82, 2.24) is 0 Å². The maximum Gasteiger partial charge on any atom is 0.106 e. The zero-order chi connectivity index (χ0) is 12.1. The van der Waals surface area contributed by atoms with Crippen LogP contribution < -0.4 is 0 Å². The molecule has 2 heteroatoms. The third kappa shape index (κ3) is 15.4. The fraction of sp³-hybridized carbons (Fsp3) is 0.462. The van der Waals surface area contributed by atoms with Crippen LogP contribution in [0.15, 0.2) is 35.5 Å². The van der Waals surface area contributed by atoms with Gasteiger partial charge in [0.05, 0.1) is 5.71 Å². The van der Waals surface area contributed by atoms with Crippen LogP contribution in [-0.2, 0) is 4.84 Å². The van der Waals surface area contributed by atoms with Crippen molar-refractivity contribution in [1.29, 1.82) is 0 Å². The summed E-state index contributed by atoms with van der Waals surface area (Å²) in [5, 5.41) is 3.54. The van der Waals surface area contributed by atoms with E-state index in [1.807, 2.05) is 45.9 Å². The van der Waals surface area contributed by atoms with E-state index < -0.39 is 0 Å². The summed E-state index contributed by atoms with van der Waals surface area (Å²) in [6.07, 6.45) is 0. The molecule has 0 aliphatic rings. The molecule has 0 N–H and O–H groups in total. The second kappa shape index (κ2) is 12.7. The summed E-state index contributed by atoms with van der Waals surface area (Å²) < 4.78 is 0. The fourth-order valence-electron chi connectivity index (χ4n) is 0.717. The van der Waals surface area contributed by atoms with Gasteiger partial charge in [0.25, 0.3) is 0 Å². The highest BCUT2D eigenvalue weighted by molar-refractivity contribution is 5.78. The van der Waals surface area contributed by atoms with Crippen molar-refractivity contribution in [2.75, 3.05) is 7.11 Å². The molecule has 1 rings (SSSR count). The van der Waals surface area contributed by atoms with Crippen LogP contribution in [0.1, 0.15) is 33.3 Å². The van der Waals surface area contributed by atoms with E-state index in [-0.39, 0.29) is 0 Å².